The van der Waals surface area contributed by atoms with Gasteiger partial charge in [-0.2, -0.15) is 0 Å². The highest BCUT2D eigenvalue weighted by Gasteiger charge is 2.32. The van der Waals surface area contributed by atoms with Gasteiger partial charge in [0.05, 0.1) is 28.4 Å². The van der Waals surface area contributed by atoms with Crippen LogP contribution >= 0.6 is 0 Å². The predicted molar refractivity (Wildman–Crippen MR) is 187 cm³/mol. The van der Waals surface area contributed by atoms with Crippen LogP contribution in [-0.4, -0.2) is 48.9 Å². The monoisotopic (exact) mass is 656 g/mol. The third-order valence-electron chi connectivity index (χ3n) is 10.2. The highest BCUT2D eigenvalue weighted by Crippen LogP contribution is 2.51. The van der Waals surface area contributed by atoms with Crippen LogP contribution in [0.5, 0.6) is 46.0 Å². The van der Waals surface area contributed by atoms with E-state index in [0.717, 1.165) is 22.3 Å². The highest BCUT2D eigenvalue weighted by atomic mass is 16.5. The highest BCUT2D eigenvalue weighted by molar-refractivity contribution is 5.62. The fraction of sp³-hybridized carbons (Fsp3) is 0.400. The van der Waals surface area contributed by atoms with Gasteiger partial charge in [-0.05, 0) is 49.9 Å². The minimum absolute atomic E-state index is 0.0812. The van der Waals surface area contributed by atoms with Crippen molar-refractivity contribution in [3.05, 3.63) is 93.0 Å². The number of rotatable bonds is 8. The van der Waals surface area contributed by atoms with Crippen LogP contribution in [0.3, 0.4) is 0 Å². The molecule has 0 amide bonds. The van der Waals surface area contributed by atoms with Gasteiger partial charge >= 0.3 is 0 Å². The quantitative estimate of drug-likeness (QED) is 0.148. The van der Waals surface area contributed by atoms with Crippen LogP contribution in [0.4, 0.5) is 0 Å². The van der Waals surface area contributed by atoms with Crippen molar-refractivity contribution in [2.45, 2.75) is 77.0 Å². The molecule has 8 nitrogen and oxygen atoms in total. The molecule has 1 aliphatic carbocycles. The molecule has 4 aromatic rings. The fourth-order valence-corrected chi connectivity index (χ4v) is 7.76. The molecule has 256 valence electrons. The lowest BCUT2D eigenvalue weighted by Gasteiger charge is -2.29. The van der Waals surface area contributed by atoms with Crippen LogP contribution < -0.4 is 18.9 Å². The fourth-order valence-electron chi connectivity index (χ4n) is 7.76. The van der Waals surface area contributed by atoms with E-state index in [-0.39, 0.29) is 46.7 Å². The molecule has 0 aliphatic heterocycles. The Balaban J connectivity index is 1.98. The summed E-state index contributed by atoms with van der Waals surface area (Å²) in [5, 5.41) is 46.1. The minimum atomic E-state index is -0.311. The molecule has 0 spiro atoms. The summed E-state index contributed by atoms with van der Waals surface area (Å²) in [6.07, 6.45) is 2.49. The number of hydrogen-bond donors (Lipinski definition) is 4. The van der Waals surface area contributed by atoms with Crippen molar-refractivity contribution in [2.24, 2.45) is 0 Å². The van der Waals surface area contributed by atoms with Gasteiger partial charge in [0, 0.05) is 92.4 Å². The van der Waals surface area contributed by atoms with Gasteiger partial charge in [0.25, 0.3) is 0 Å². The van der Waals surface area contributed by atoms with Crippen molar-refractivity contribution in [2.75, 3.05) is 28.4 Å². The number of fused-ring (bicyclic) bond motifs is 8. The SMILES string of the molecule is CC[C@@H]1c2cc(c(OC)cc2O)[C@H](CC)c2cc(c(OC)cc2O)[C@H](CC)c2cc(c(OC)cc2O)[C@H](CC)c2cc1c(OC)cc2O. The Morgan fingerprint density at radius 2 is 0.542 bits per heavy atom. The molecular formula is C40H48O8. The first-order valence-corrected chi connectivity index (χ1v) is 16.7. The Kier molecular flexibility index (Phi) is 10.2. The average Bonchev–Trinajstić information content (AvgIpc) is 3.09. The van der Waals surface area contributed by atoms with Crippen molar-refractivity contribution in [3.8, 4) is 46.0 Å². The first-order chi connectivity index (χ1) is 23.1. The first-order valence-electron chi connectivity index (χ1n) is 16.7. The van der Waals surface area contributed by atoms with E-state index in [9.17, 15) is 20.4 Å². The zero-order valence-corrected chi connectivity index (χ0v) is 29.2. The number of phenolic OH excluding ortho intramolecular Hbond substituents is 4. The Morgan fingerprint density at radius 3 is 0.688 bits per heavy atom. The van der Waals surface area contributed by atoms with Gasteiger partial charge in [-0.3, -0.25) is 0 Å². The summed E-state index contributed by atoms with van der Waals surface area (Å²) in [6, 6.07) is 14.5. The van der Waals surface area contributed by atoms with Gasteiger partial charge in [-0.15, -0.1) is 0 Å². The van der Waals surface area contributed by atoms with Gasteiger partial charge in [0.15, 0.2) is 0 Å². The third-order valence-corrected chi connectivity index (χ3v) is 10.2. The van der Waals surface area contributed by atoms with Crippen LogP contribution in [0.25, 0.3) is 0 Å². The van der Waals surface area contributed by atoms with E-state index < -0.39 is 0 Å². The number of methoxy groups -OCH3 is 4. The van der Waals surface area contributed by atoms with E-state index in [1.54, 1.807) is 52.7 Å². The molecule has 0 radical (unpaired) electrons. The molecule has 0 saturated carbocycles. The van der Waals surface area contributed by atoms with Gasteiger partial charge in [-0.1, -0.05) is 27.7 Å². The van der Waals surface area contributed by atoms with Gasteiger partial charge in [-0.25, -0.2) is 0 Å². The zero-order valence-electron chi connectivity index (χ0n) is 29.2. The number of ether oxygens (including phenoxy) is 4. The minimum Gasteiger partial charge on any atom is -0.508 e. The second-order valence-corrected chi connectivity index (χ2v) is 12.5. The summed E-state index contributed by atoms with van der Waals surface area (Å²) in [7, 11) is 6.30. The second kappa shape index (κ2) is 14.2. The number of phenols is 4. The normalized spacial score (nSPS) is 18.7. The summed E-state index contributed by atoms with van der Waals surface area (Å²) < 4.78 is 23.4. The predicted octanol–water partition coefficient (Wildman–Crippen LogP) is 9.02. The summed E-state index contributed by atoms with van der Waals surface area (Å²) in [5.41, 5.74) is 6.01. The van der Waals surface area contributed by atoms with Crippen LogP contribution in [0.15, 0.2) is 48.5 Å². The lowest BCUT2D eigenvalue weighted by molar-refractivity contribution is 0.389. The molecule has 4 aromatic carbocycles. The maximum Gasteiger partial charge on any atom is 0.126 e. The number of benzene rings is 4. The Labute approximate surface area is 283 Å². The largest absolute Gasteiger partial charge is 0.508 e. The molecule has 1 aliphatic rings. The number of hydrogen-bond acceptors (Lipinski definition) is 8. The van der Waals surface area contributed by atoms with Crippen molar-refractivity contribution in [1.82, 2.24) is 0 Å². The van der Waals surface area contributed by atoms with Crippen molar-refractivity contribution >= 4 is 0 Å². The van der Waals surface area contributed by atoms with Crippen LogP contribution in [0.2, 0.25) is 0 Å². The van der Waals surface area contributed by atoms with Gasteiger partial charge < -0.3 is 39.4 Å². The van der Waals surface area contributed by atoms with Crippen molar-refractivity contribution in [1.29, 1.82) is 0 Å². The molecule has 0 saturated heterocycles. The molecular weight excluding hydrogens is 608 g/mol. The molecule has 8 heteroatoms. The van der Waals surface area contributed by atoms with Crippen molar-refractivity contribution in [3.63, 3.8) is 0 Å². The topological polar surface area (TPSA) is 118 Å². The van der Waals surface area contributed by atoms with Gasteiger partial charge in [0.2, 0.25) is 0 Å². The molecule has 0 unspecified atom stereocenters. The molecule has 0 aromatic heterocycles. The first kappa shape index (κ1) is 34.6. The lowest BCUT2D eigenvalue weighted by Crippen LogP contribution is -2.12. The average molecular weight is 657 g/mol. The second-order valence-electron chi connectivity index (χ2n) is 12.5. The van der Waals surface area contributed by atoms with Crippen LogP contribution in [-0.2, 0) is 0 Å². The molecule has 8 bridgehead atoms. The van der Waals surface area contributed by atoms with E-state index in [1.807, 2.05) is 24.3 Å². The van der Waals surface area contributed by atoms with E-state index in [0.29, 0.717) is 70.9 Å². The smallest absolute Gasteiger partial charge is 0.126 e. The van der Waals surface area contributed by atoms with Crippen LogP contribution in [0, 0.1) is 0 Å². The molecule has 5 rings (SSSR count). The van der Waals surface area contributed by atoms with E-state index >= 15 is 0 Å². The van der Waals surface area contributed by atoms with E-state index in [2.05, 4.69) is 27.7 Å². The Morgan fingerprint density at radius 1 is 0.354 bits per heavy atom. The molecule has 0 fully saturated rings. The lowest BCUT2D eigenvalue weighted by atomic mass is 9.77. The van der Waals surface area contributed by atoms with E-state index in [1.165, 1.54) is 0 Å². The van der Waals surface area contributed by atoms with Crippen molar-refractivity contribution < 1.29 is 39.4 Å². The zero-order chi connectivity index (χ0) is 34.9. The van der Waals surface area contributed by atoms with E-state index in [4.69, 9.17) is 18.9 Å². The summed E-state index contributed by atoms with van der Waals surface area (Å²) in [5.74, 6) is 1.10. The molecule has 48 heavy (non-hydrogen) atoms. The maximum absolute atomic E-state index is 11.5. The Hall–Kier alpha value is -4.72. The standard InChI is InChI=1S/C40H48O8/c1-9-21-25-13-30(38(46-6)17-33(25)41)23(11-3)27-15-32(40(48-8)19-35(27)43)24(12-4)28-16-31(39(47-7)20-36(28)44)22(10-2)26-14-29(21)37(45-5)18-34(26)42/h13-24,41-44H,9-12H2,1-8H3/t21-,22-,23-,24-/m1/s1. The molecule has 4 atom stereocenters. The molecule has 0 heterocycles. The summed E-state index contributed by atoms with van der Waals surface area (Å²) >= 11 is 0. The maximum atomic E-state index is 11.5. The number of aromatic hydroxyl groups is 4. The summed E-state index contributed by atoms with van der Waals surface area (Å²) in [6.45, 7) is 8.20. The third kappa shape index (κ3) is 5.82. The summed E-state index contributed by atoms with van der Waals surface area (Å²) in [4.78, 5) is 0. The van der Waals surface area contributed by atoms with Crippen LogP contribution in [0.1, 0.15) is 122 Å². The Bertz CT molecular complexity index is 1530. The molecule has 4 N–H and O–H groups in total. The van der Waals surface area contributed by atoms with Gasteiger partial charge in [0.1, 0.15) is 46.0 Å².